The quantitative estimate of drug-likeness (QED) is 0.362. The Labute approximate surface area is 225 Å². The average molecular weight is 541 g/mol. The first kappa shape index (κ1) is 27.3. The van der Waals surface area contributed by atoms with Crippen LogP contribution in [0, 0.1) is 18.7 Å². The highest BCUT2D eigenvalue weighted by atomic mass is 35.5. The molecule has 8 nitrogen and oxygen atoms in total. The van der Waals surface area contributed by atoms with Gasteiger partial charge in [-0.2, -0.15) is 0 Å². The number of amides is 2. The first-order valence-corrected chi connectivity index (χ1v) is 12.8. The van der Waals surface area contributed by atoms with Gasteiger partial charge in [0.25, 0.3) is 0 Å². The van der Waals surface area contributed by atoms with E-state index in [9.17, 15) is 24.2 Å². The minimum absolute atomic E-state index is 0.00997. The number of anilines is 3. The summed E-state index contributed by atoms with van der Waals surface area (Å²) in [5.74, 6) is -0.890. The summed E-state index contributed by atoms with van der Waals surface area (Å²) in [6.45, 7) is 4.75. The summed E-state index contributed by atoms with van der Waals surface area (Å²) >= 11 is 5.81. The number of carbonyl (C=O) groups is 2. The van der Waals surface area contributed by atoms with Crippen LogP contribution in [0.1, 0.15) is 25.3 Å². The van der Waals surface area contributed by atoms with Crippen molar-refractivity contribution in [2.24, 2.45) is 5.92 Å². The number of rotatable bonds is 7. The van der Waals surface area contributed by atoms with E-state index in [1.165, 1.54) is 17.0 Å². The number of aliphatic hydroxyl groups is 1. The second kappa shape index (κ2) is 11.8. The molecular weight excluding hydrogens is 511 g/mol. The Balaban J connectivity index is 1.51. The highest BCUT2D eigenvalue weighted by Gasteiger charge is 2.25. The number of pyridine rings is 1. The van der Waals surface area contributed by atoms with Gasteiger partial charge in [0, 0.05) is 35.6 Å². The van der Waals surface area contributed by atoms with Crippen LogP contribution in [0.5, 0.6) is 0 Å². The fourth-order valence-electron chi connectivity index (χ4n) is 4.57. The van der Waals surface area contributed by atoms with Crippen LogP contribution in [0.3, 0.4) is 0 Å². The number of aromatic nitrogens is 1. The van der Waals surface area contributed by atoms with Crippen LogP contribution in [0.15, 0.2) is 54.7 Å². The van der Waals surface area contributed by atoms with Crippen molar-refractivity contribution in [2.75, 3.05) is 34.8 Å². The Morgan fingerprint density at radius 1 is 1.16 bits per heavy atom. The Bertz CT molecular complexity index is 1310. The highest BCUT2D eigenvalue weighted by molar-refractivity contribution is 6.30. The van der Waals surface area contributed by atoms with Crippen molar-refractivity contribution in [3.05, 3.63) is 71.1 Å². The molecule has 0 spiro atoms. The van der Waals surface area contributed by atoms with Gasteiger partial charge in [0.2, 0.25) is 0 Å². The van der Waals surface area contributed by atoms with Crippen molar-refractivity contribution in [3.63, 3.8) is 0 Å². The molecule has 38 heavy (non-hydrogen) atoms. The van der Waals surface area contributed by atoms with Gasteiger partial charge in [-0.15, -0.1) is 0 Å². The lowest BCUT2D eigenvalue weighted by Crippen LogP contribution is -2.40. The number of carboxylic acid groups (broad SMARTS) is 1. The number of nitrogens with zero attached hydrogens (tertiary/aromatic N) is 3. The van der Waals surface area contributed by atoms with Gasteiger partial charge in [-0.1, -0.05) is 17.7 Å². The van der Waals surface area contributed by atoms with E-state index in [0.717, 1.165) is 28.6 Å². The molecule has 10 heteroatoms. The van der Waals surface area contributed by atoms with Gasteiger partial charge in [0.05, 0.1) is 24.3 Å². The van der Waals surface area contributed by atoms with Crippen LogP contribution in [0.2, 0.25) is 5.02 Å². The maximum Gasteiger partial charge on any atom is 0.326 e. The first-order valence-electron chi connectivity index (χ1n) is 12.4. The van der Waals surface area contributed by atoms with Gasteiger partial charge in [-0.05, 0) is 80.3 Å². The van der Waals surface area contributed by atoms with E-state index in [-0.39, 0.29) is 23.2 Å². The van der Waals surface area contributed by atoms with Crippen LogP contribution >= 0.6 is 11.6 Å². The Morgan fingerprint density at radius 3 is 2.45 bits per heavy atom. The molecule has 2 heterocycles. The van der Waals surface area contributed by atoms with Crippen molar-refractivity contribution in [2.45, 2.75) is 32.8 Å². The number of urea groups is 1. The third kappa shape index (κ3) is 6.41. The topological polar surface area (TPSA) is 106 Å². The predicted molar refractivity (Wildman–Crippen MR) is 146 cm³/mol. The molecule has 0 saturated carbocycles. The zero-order chi connectivity index (χ0) is 27.4. The number of hydrogen-bond donors (Lipinski definition) is 3. The van der Waals surface area contributed by atoms with Gasteiger partial charge in [-0.3, -0.25) is 9.69 Å². The lowest BCUT2D eigenvalue weighted by Gasteiger charge is -2.31. The van der Waals surface area contributed by atoms with Gasteiger partial charge < -0.3 is 20.4 Å². The molecule has 1 unspecified atom stereocenters. The van der Waals surface area contributed by atoms with Crippen LogP contribution in [0.25, 0.3) is 11.1 Å². The Morgan fingerprint density at radius 2 is 1.87 bits per heavy atom. The molecule has 1 saturated heterocycles. The minimum atomic E-state index is -0.813. The molecule has 200 valence electrons. The molecule has 0 radical (unpaired) electrons. The maximum absolute atomic E-state index is 14.3. The lowest BCUT2D eigenvalue weighted by atomic mass is 9.97. The predicted octanol–water partition coefficient (Wildman–Crippen LogP) is 5.57. The molecule has 0 bridgehead atoms. The highest BCUT2D eigenvalue weighted by Crippen LogP contribution is 2.30. The first-order chi connectivity index (χ1) is 18.1. The van der Waals surface area contributed by atoms with E-state index >= 15 is 0 Å². The summed E-state index contributed by atoms with van der Waals surface area (Å²) < 4.78 is 14.3. The lowest BCUT2D eigenvalue weighted by molar-refractivity contribution is -0.142. The Hall–Kier alpha value is -3.69. The van der Waals surface area contributed by atoms with Crippen LogP contribution in [0.4, 0.5) is 26.4 Å². The number of benzene rings is 2. The fraction of sp³-hybridized carbons (Fsp3) is 0.321. The van der Waals surface area contributed by atoms with Crippen molar-refractivity contribution in [1.29, 1.82) is 0 Å². The van der Waals surface area contributed by atoms with Gasteiger partial charge in [-0.25, -0.2) is 14.2 Å². The van der Waals surface area contributed by atoms with E-state index < -0.39 is 23.9 Å². The van der Waals surface area contributed by atoms with E-state index in [0.29, 0.717) is 31.6 Å². The molecule has 2 aromatic carbocycles. The molecular formula is C28H30ClFN4O4. The van der Waals surface area contributed by atoms with Gasteiger partial charge in [0.15, 0.2) is 0 Å². The smallest absolute Gasteiger partial charge is 0.326 e. The number of aryl methyl sites for hydroxylation is 1. The molecule has 0 aliphatic carbocycles. The van der Waals surface area contributed by atoms with E-state index in [4.69, 9.17) is 11.6 Å². The molecule has 3 aromatic rings. The molecule has 1 atom stereocenters. The number of halogens is 2. The summed E-state index contributed by atoms with van der Waals surface area (Å²) in [6.07, 6.45) is 2.16. The molecule has 2 amide bonds. The zero-order valence-electron chi connectivity index (χ0n) is 21.2. The maximum atomic E-state index is 14.3. The number of aliphatic hydroxyl groups excluding tert-OH is 1. The number of carboxylic acids is 1. The number of hydrogen-bond acceptors (Lipinski definition) is 5. The second-order valence-electron chi connectivity index (χ2n) is 9.52. The van der Waals surface area contributed by atoms with E-state index in [1.807, 2.05) is 31.2 Å². The summed E-state index contributed by atoms with van der Waals surface area (Å²) in [5, 5.41) is 22.0. The summed E-state index contributed by atoms with van der Waals surface area (Å²) in [6, 6.07) is 12.9. The molecule has 1 aromatic heterocycles. The van der Waals surface area contributed by atoms with Gasteiger partial charge >= 0.3 is 12.0 Å². The van der Waals surface area contributed by atoms with Crippen LogP contribution in [-0.2, 0) is 4.79 Å². The largest absolute Gasteiger partial charge is 0.481 e. The number of aliphatic carboxylic acids is 1. The fourth-order valence-corrected chi connectivity index (χ4v) is 4.72. The third-order valence-electron chi connectivity index (χ3n) is 6.60. The number of nitrogens with one attached hydrogen (secondary N) is 1. The zero-order valence-corrected chi connectivity index (χ0v) is 22.0. The molecule has 3 N–H and O–H groups in total. The third-order valence-corrected chi connectivity index (χ3v) is 6.84. The van der Waals surface area contributed by atoms with Crippen molar-refractivity contribution < 1.29 is 24.2 Å². The average Bonchev–Trinajstić information content (AvgIpc) is 2.89. The number of piperidine rings is 1. The summed E-state index contributed by atoms with van der Waals surface area (Å²) in [5.41, 5.74) is 3.14. The number of carbonyl (C=O) groups excluding carboxylic acids is 1. The van der Waals surface area contributed by atoms with Crippen molar-refractivity contribution in [1.82, 2.24) is 4.98 Å². The SMILES string of the molecule is Cc1cc(-c2ccc(N3CCC(C(=O)O)CC3)nc2)ccc1N(CC(C)O)C(=O)Nc1ccc(Cl)cc1F. The minimum Gasteiger partial charge on any atom is -0.481 e. The molecule has 4 rings (SSSR count). The van der Waals surface area contributed by atoms with E-state index in [2.05, 4.69) is 15.2 Å². The van der Waals surface area contributed by atoms with Crippen LogP contribution < -0.4 is 15.1 Å². The monoisotopic (exact) mass is 540 g/mol. The van der Waals surface area contributed by atoms with Crippen LogP contribution in [-0.4, -0.2) is 52.9 Å². The molecule has 1 fully saturated rings. The summed E-state index contributed by atoms with van der Waals surface area (Å²) in [7, 11) is 0. The Kier molecular flexibility index (Phi) is 8.48. The van der Waals surface area contributed by atoms with E-state index in [1.54, 1.807) is 19.2 Å². The van der Waals surface area contributed by atoms with Crippen molar-refractivity contribution in [3.8, 4) is 11.1 Å². The van der Waals surface area contributed by atoms with Crippen molar-refractivity contribution >= 4 is 40.8 Å². The standard InChI is InChI=1S/C28H30ClFN4O4/c1-17-13-20(21-4-8-26(31-15-21)33-11-9-19(10-12-33)27(36)37)3-7-25(17)34(16-18(2)35)28(38)32-24-6-5-22(29)14-23(24)30/h3-8,13-15,18-19,35H,9-12,16H2,1-2H3,(H,32,38)(H,36,37). The normalized spacial score (nSPS) is 14.7. The molecule has 1 aliphatic heterocycles. The molecule has 1 aliphatic rings. The van der Waals surface area contributed by atoms with Gasteiger partial charge in [0.1, 0.15) is 11.6 Å². The second-order valence-corrected chi connectivity index (χ2v) is 9.96. The summed E-state index contributed by atoms with van der Waals surface area (Å²) in [4.78, 5) is 32.3.